The van der Waals surface area contributed by atoms with Gasteiger partial charge in [-0.2, -0.15) is 0 Å². The molecule has 122 valence electrons. The van der Waals surface area contributed by atoms with Crippen LogP contribution in [0.3, 0.4) is 0 Å². The van der Waals surface area contributed by atoms with Gasteiger partial charge in [0.1, 0.15) is 12.1 Å². The monoisotopic (exact) mass is 316 g/mol. The minimum atomic E-state index is -0.841. The SMILES string of the molecule is Cc1ccc(NC(=O)CN2C(=O)NC3(CCNCC3)C2=O)cc1. The lowest BCUT2D eigenvalue weighted by molar-refractivity contribution is -0.134. The lowest BCUT2D eigenvalue weighted by Gasteiger charge is -2.30. The van der Waals surface area contributed by atoms with Crippen molar-refractivity contribution in [3.8, 4) is 0 Å². The summed E-state index contributed by atoms with van der Waals surface area (Å²) in [7, 11) is 0. The number of rotatable bonds is 3. The standard InChI is InChI=1S/C16H20N4O3/c1-11-2-4-12(5-3-11)18-13(21)10-20-14(22)16(19-15(20)23)6-8-17-9-7-16/h2-5,17H,6-10H2,1H3,(H,18,21)(H,19,23). The van der Waals surface area contributed by atoms with Gasteiger partial charge in [0.05, 0.1) is 0 Å². The molecule has 1 spiro atoms. The number of piperidine rings is 1. The second kappa shape index (κ2) is 6.00. The fourth-order valence-corrected chi connectivity index (χ4v) is 2.99. The number of nitrogens with zero attached hydrogens (tertiary/aromatic N) is 1. The summed E-state index contributed by atoms with van der Waals surface area (Å²) in [5.41, 5.74) is 0.890. The molecule has 1 aromatic carbocycles. The molecule has 0 aromatic heterocycles. The van der Waals surface area contributed by atoms with Crippen molar-refractivity contribution in [2.24, 2.45) is 0 Å². The van der Waals surface area contributed by atoms with Gasteiger partial charge in [-0.25, -0.2) is 4.79 Å². The number of anilines is 1. The fourth-order valence-electron chi connectivity index (χ4n) is 2.99. The lowest BCUT2D eigenvalue weighted by Crippen LogP contribution is -2.54. The molecule has 1 aromatic rings. The van der Waals surface area contributed by atoms with E-state index in [1.807, 2.05) is 19.1 Å². The van der Waals surface area contributed by atoms with E-state index in [4.69, 9.17) is 0 Å². The molecule has 7 heteroatoms. The first kappa shape index (κ1) is 15.5. The molecule has 23 heavy (non-hydrogen) atoms. The van der Waals surface area contributed by atoms with Gasteiger partial charge in [0, 0.05) is 5.69 Å². The van der Waals surface area contributed by atoms with Gasteiger partial charge < -0.3 is 16.0 Å². The fraction of sp³-hybridized carbons (Fsp3) is 0.438. The number of carbonyl (C=O) groups is 3. The van der Waals surface area contributed by atoms with E-state index in [2.05, 4.69) is 16.0 Å². The van der Waals surface area contributed by atoms with Crippen LogP contribution < -0.4 is 16.0 Å². The average molecular weight is 316 g/mol. The number of benzene rings is 1. The van der Waals surface area contributed by atoms with Gasteiger partial charge in [-0.1, -0.05) is 17.7 Å². The molecule has 3 rings (SSSR count). The molecular formula is C16H20N4O3. The molecule has 0 bridgehead atoms. The Morgan fingerprint density at radius 1 is 1.22 bits per heavy atom. The Bertz CT molecular complexity index is 635. The first-order valence-corrected chi connectivity index (χ1v) is 7.71. The third kappa shape index (κ3) is 3.05. The van der Waals surface area contributed by atoms with Crippen molar-refractivity contribution in [2.75, 3.05) is 25.0 Å². The van der Waals surface area contributed by atoms with Gasteiger partial charge in [-0.15, -0.1) is 0 Å². The Labute approximate surface area is 134 Å². The highest BCUT2D eigenvalue weighted by Crippen LogP contribution is 2.26. The van der Waals surface area contributed by atoms with Gasteiger partial charge >= 0.3 is 6.03 Å². The maximum Gasteiger partial charge on any atom is 0.325 e. The van der Waals surface area contributed by atoms with Crippen LogP contribution >= 0.6 is 0 Å². The first-order valence-electron chi connectivity index (χ1n) is 7.71. The molecule has 0 atom stereocenters. The van der Waals surface area contributed by atoms with Crippen molar-refractivity contribution in [1.82, 2.24) is 15.5 Å². The van der Waals surface area contributed by atoms with E-state index in [0.717, 1.165) is 10.5 Å². The Hall–Kier alpha value is -2.41. The predicted octanol–water partition coefficient (Wildman–Crippen LogP) is 0.608. The van der Waals surface area contributed by atoms with Crippen molar-refractivity contribution in [2.45, 2.75) is 25.3 Å². The van der Waals surface area contributed by atoms with Gasteiger partial charge in [0.25, 0.3) is 5.91 Å². The summed E-state index contributed by atoms with van der Waals surface area (Å²) in [6, 6.07) is 6.84. The molecule has 2 aliphatic rings. The maximum absolute atomic E-state index is 12.6. The minimum absolute atomic E-state index is 0.270. The third-order valence-corrected chi connectivity index (χ3v) is 4.34. The largest absolute Gasteiger partial charge is 0.325 e. The predicted molar refractivity (Wildman–Crippen MR) is 84.9 cm³/mol. The molecule has 4 amide bonds. The van der Waals surface area contributed by atoms with Crippen LogP contribution in [0.1, 0.15) is 18.4 Å². The Morgan fingerprint density at radius 2 is 1.87 bits per heavy atom. The van der Waals surface area contributed by atoms with Crippen molar-refractivity contribution in [3.63, 3.8) is 0 Å². The van der Waals surface area contributed by atoms with Crippen LogP contribution in [0.5, 0.6) is 0 Å². The number of urea groups is 1. The summed E-state index contributed by atoms with van der Waals surface area (Å²) in [6.07, 6.45) is 1.10. The molecule has 0 aliphatic carbocycles. The van der Waals surface area contributed by atoms with Gasteiger partial charge in [0.15, 0.2) is 0 Å². The molecule has 7 nitrogen and oxygen atoms in total. The zero-order valence-corrected chi connectivity index (χ0v) is 13.0. The molecule has 3 N–H and O–H groups in total. The van der Waals surface area contributed by atoms with Crippen LogP contribution in [0, 0.1) is 6.92 Å². The van der Waals surface area contributed by atoms with Crippen LogP contribution in [0.4, 0.5) is 10.5 Å². The summed E-state index contributed by atoms with van der Waals surface area (Å²) < 4.78 is 0. The molecule has 0 radical (unpaired) electrons. The number of imide groups is 1. The number of nitrogens with one attached hydrogen (secondary N) is 3. The van der Waals surface area contributed by atoms with Gasteiger partial charge in [-0.3, -0.25) is 14.5 Å². The van der Waals surface area contributed by atoms with E-state index in [1.54, 1.807) is 12.1 Å². The quantitative estimate of drug-likeness (QED) is 0.713. The summed E-state index contributed by atoms with van der Waals surface area (Å²) >= 11 is 0. The molecule has 2 aliphatic heterocycles. The Morgan fingerprint density at radius 3 is 2.52 bits per heavy atom. The van der Waals surface area contributed by atoms with Crippen molar-refractivity contribution in [1.29, 1.82) is 0 Å². The van der Waals surface area contributed by atoms with Crippen LogP contribution in [-0.4, -0.2) is 47.9 Å². The number of hydrogen-bond donors (Lipinski definition) is 3. The van der Waals surface area contributed by atoms with Crippen LogP contribution in [-0.2, 0) is 9.59 Å². The van der Waals surface area contributed by atoms with Gasteiger partial charge in [0.2, 0.25) is 5.91 Å². The topological polar surface area (TPSA) is 90.5 Å². The minimum Gasteiger partial charge on any atom is -0.325 e. The van der Waals surface area contributed by atoms with Crippen molar-refractivity contribution in [3.05, 3.63) is 29.8 Å². The zero-order valence-electron chi connectivity index (χ0n) is 13.0. The Balaban J connectivity index is 1.65. The highest BCUT2D eigenvalue weighted by Gasteiger charge is 2.51. The van der Waals surface area contributed by atoms with E-state index in [1.165, 1.54) is 0 Å². The van der Waals surface area contributed by atoms with Crippen LogP contribution in [0.15, 0.2) is 24.3 Å². The highest BCUT2D eigenvalue weighted by molar-refractivity contribution is 6.10. The smallest absolute Gasteiger partial charge is 0.325 e. The maximum atomic E-state index is 12.6. The van der Waals surface area contributed by atoms with Crippen LogP contribution in [0.2, 0.25) is 0 Å². The summed E-state index contributed by atoms with van der Waals surface area (Å²) in [6.45, 7) is 3.04. The summed E-state index contributed by atoms with van der Waals surface area (Å²) in [4.78, 5) is 37.8. The first-order chi connectivity index (χ1) is 11.0. The third-order valence-electron chi connectivity index (χ3n) is 4.34. The lowest BCUT2D eigenvalue weighted by atomic mass is 9.88. The zero-order chi connectivity index (χ0) is 16.4. The molecule has 2 heterocycles. The highest BCUT2D eigenvalue weighted by atomic mass is 16.2. The van der Waals surface area contributed by atoms with Crippen molar-refractivity contribution >= 4 is 23.5 Å². The molecule has 2 fully saturated rings. The van der Waals surface area contributed by atoms with Crippen LogP contribution in [0.25, 0.3) is 0 Å². The van der Waals surface area contributed by atoms with E-state index in [-0.39, 0.29) is 18.4 Å². The molecular weight excluding hydrogens is 296 g/mol. The molecule has 2 saturated heterocycles. The molecule has 0 unspecified atom stereocenters. The summed E-state index contributed by atoms with van der Waals surface area (Å²) in [5.74, 6) is -0.689. The van der Waals surface area contributed by atoms with Crippen molar-refractivity contribution < 1.29 is 14.4 Å². The number of carbonyl (C=O) groups excluding carboxylic acids is 3. The Kier molecular flexibility index (Phi) is 4.04. The second-order valence-corrected chi connectivity index (χ2v) is 6.07. The normalized spacial score (nSPS) is 19.8. The van der Waals surface area contributed by atoms with E-state index < -0.39 is 11.6 Å². The average Bonchev–Trinajstić information content (AvgIpc) is 2.75. The van der Waals surface area contributed by atoms with E-state index in [0.29, 0.717) is 31.6 Å². The van der Waals surface area contributed by atoms with E-state index >= 15 is 0 Å². The number of amides is 4. The second-order valence-electron chi connectivity index (χ2n) is 6.07. The van der Waals surface area contributed by atoms with Gasteiger partial charge in [-0.05, 0) is 45.0 Å². The number of aryl methyl sites for hydroxylation is 1. The molecule has 0 saturated carbocycles. The van der Waals surface area contributed by atoms with E-state index in [9.17, 15) is 14.4 Å². The summed E-state index contributed by atoms with van der Waals surface area (Å²) in [5, 5.41) is 8.63. The number of hydrogen-bond acceptors (Lipinski definition) is 4.